The average Bonchev–Trinajstić information content (AvgIpc) is 2.90. The van der Waals surface area contributed by atoms with Crippen LogP contribution in [0.15, 0.2) is 72.8 Å². The second kappa shape index (κ2) is 12.6. The molecule has 0 unspecified atom stereocenters. The van der Waals surface area contributed by atoms with Crippen molar-refractivity contribution >= 4 is 24.1 Å². The van der Waals surface area contributed by atoms with Gasteiger partial charge in [-0.1, -0.05) is 53.1 Å². The number of hydrogen-bond acceptors (Lipinski definition) is 8. The van der Waals surface area contributed by atoms with Gasteiger partial charge in [0.1, 0.15) is 12.7 Å². The first kappa shape index (κ1) is 27.3. The highest BCUT2D eigenvalue weighted by Gasteiger charge is 2.35. The van der Waals surface area contributed by atoms with Crippen LogP contribution in [0.2, 0.25) is 0 Å². The van der Waals surface area contributed by atoms with Gasteiger partial charge in [-0.25, -0.2) is 14.4 Å². The minimum atomic E-state index is -1.60. The van der Waals surface area contributed by atoms with Gasteiger partial charge >= 0.3 is 17.9 Å². The van der Waals surface area contributed by atoms with Gasteiger partial charge in [-0.2, -0.15) is 0 Å². The van der Waals surface area contributed by atoms with E-state index in [0.717, 1.165) is 22.9 Å². The van der Waals surface area contributed by atoms with Crippen LogP contribution in [0, 0.1) is 26.2 Å². The van der Waals surface area contributed by atoms with E-state index in [1.54, 1.807) is 72.8 Å². The molecule has 0 aliphatic rings. The Labute approximate surface area is 215 Å². The molecule has 3 atom stereocenters. The molecule has 8 heteroatoms. The fourth-order valence-electron chi connectivity index (χ4n) is 3.35. The first-order valence-electron chi connectivity index (χ1n) is 11.7. The van der Waals surface area contributed by atoms with Gasteiger partial charge in [-0.15, -0.1) is 0 Å². The quantitative estimate of drug-likeness (QED) is 0.241. The van der Waals surface area contributed by atoms with Crippen LogP contribution in [0.25, 0.3) is 0 Å². The lowest BCUT2D eigenvalue weighted by molar-refractivity contribution is -0.0780. The molecule has 0 heterocycles. The van der Waals surface area contributed by atoms with Gasteiger partial charge in [0.25, 0.3) is 0 Å². The molecule has 0 aromatic heterocycles. The van der Waals surface area contributed by atoms with Crippen molar-refractivity contribution in [2.75, 3.05) is 6.61 Å². The summed E-state index contributed by atoms with van der Waals surface area (Å²) in [7, 11) is 0. The Balaban J connectivity index is 1.78. The molecule has 3 rings (SSSR count). The fraction of sp³-hybridized carbons (Fsp3) is 0.241. The normalized spacial score (nSPS) is 13.1. The molecular weight excluding hydrogens is 474 g/mol. The van der Waals surface area contributed by atoms with E-state index in [4.69, 9.17) is 19.6 Å². The molecular formula is C29H29NO7. The lowest BCUT2D eigenvalue weighted by Crippen LogP contribution is -2.46. The minimum Gasteiger partial charge on any atom is -0.459 e. The van der Waals surface area contributed by atoms with Gasteiger partial charge in [0.2, 0.25) is 0 Å². The number of hydrogen-bond donors (Lipinski definition) is 2. The third-order valence-electron chi connectivity index (χ3n) is 5.60. The number of aliphatic hydroxyl groups excluding tert-OH is 1. The Morgan fingerprint density at radius 2 is 1.08 bits per heavy atom. The second-order valence-corrected chi connectivity index (χ2v) is 8.67. The number of benzene rings is 3. The van der Waals surface area contributed by atoms with Gasteiger partial charge in [0.15, 0.2) is 12.2 Å². The summed E-state index contributed by atoms with van der Waals surface area (Å²) in [6.45, 7) is 5.04. The van der Waals surface area contributed by atoms with Gasteiger partial charge < -0.3 is 24.7 Å². The molecule has 2 N–H and O–H groups in total. The third kappa shape index (κ3) is 7.59. The lowest BCUT2D eigenvalue weighted by atomic mass is 10.1. The van der Waals surface area contributed by atoms with Crippen LogP contribution in [0.5, 0.6) is 0 Å². The summed E-state index contributed by atoms with van der Waals surface area (Å²) in [6.07, 6.45) is -3.81. The Morgan fingerprint density at radius 3 is 1.49 bits per heavy atom. The molecule has 0 amide bonds. The second-order valence-electron chi connectivity index (χ2n) is 8.67. The van der Waals surface area contributed by atoms with Gasteiger partial charge in [0, 0.05) is 6.21 Å². The molecule has 3 aromatic carbocycles. The van der Waals surface area contributed by atoms with Gasteiger partial charge in [-0.05, 0) is 57.2 Å². The lowest BCUT2D eigenvalue weighted by Gasteiger charge is -2.28. The van der Waals surface area contributed by atoms with Crippen molar-refractivity contribution in [2.45, 2.75) is 39.1 Å². The molecule has 0 fully saturated rings. The maximum absolute atomic E-state index is 12.8. The van der Waals surface area contributed by atoms with E-state index in [2.05, 4.69) is 0 Å². The molecule has 0 saturated carbocycles. The highest BCUT2D eigenvalue weighted by molar-refractivity contribution is 5.92. The Hall–Kier alpha value is -4.30. The first-order valence-corrected chi connectivity index (χ1v) is 11.7. The maximum Gasteiger partial charge on any atom is 0.338 e. The SMILES string of the molecule is Cc1ccc(C(=O)OC[C@@H](O)[C@@H](OC(=O)c2ccc(C)cc2)[C@@H](C=N)OC(=O)c2ccc(C)cc2)cc1. The summed E-state index contributed by atoms with van der Waals surface area (Å²) in [4.78, 5) is 37.9. The van der Waals surface area contributed by atoms with Crippen LogP contribution < -0.4 is 0 Å². The van der Waals surface area contributed by atoms with E-state index in [1.807, 2.05) is 20.8 Å². The van der Waals surface area contributed by atoms with Crippen LogP contribution >= 0.6 is 0 Å². The number of rotatable bonds is 10. The fourth-order valence-corrected chi connectivity index (χ4v) is 3.35. The van der Waals surface area contributed by atoms with Crippen molar-refractivity contribution in [3.05, 3.63) is 106 Å². The molecule has 0 radical (unpaired) electrons. The smallest absolute Gasteiger partial charge is 0.338 e. The zero-order valence-electron chi connectivity index (χ0n) is 20.8. The summed E-state index contributed by atoms with van der Waals surface area (Å²) >= 11 is 0. The molecule has 0 saturated heterocycles. The zero-order chi connectivity index (χ0) is 26.9. The van der Waals surface area contributed by atoms with Crippen molar-refractivity contribution in [1.29, 1.82) is 5.41 Å². The van der Waals surface area contributed by atoms with Crippen LogP contribution in [0.4, 0.5) is 0 Å². The van der Waals surface area contributed by atoms with Crippen molar-refractivity contribution in [1.82, 2.24) is 0 Å². The molecule has 8 nitrogen and oxygen atoms in total. The molecule has 0 aliphatic carbocycles. The largest absolute Gasteiger partial charge is 0.459 e. The van der Waals surface area contributed by atoms with E-state index < -0.39 is 42.8 Å². The van der Waals surface area contributed by atoms with Gasteiger partial charge in [0.05, 0.1) is 16.7 Å². The number of aliphatic hydroxyl groups is 1. The van der Waals surface area contributed by atoms with Crippen LogP contribution in [-0.4, -0.2) is 54.1 Å². The van der Waals surface area contributed by atoms with Crippen LogP contribution in [0.3, 0.4) is 0 Å². The zero-order valence-corrected chi connectivity index (χ0v) is 20.8. The average molecular weight is 504 g/mol. The first-order chi connectivity index (χ1) is 17.7. The molecule has 37 heavy (non-hydrogen) atoms. The number of aryl methyl sites for hydroxylation is 3. The van der Waals surface area contributed by atoms with Crippen molar-refractivity contribution in [3.8, 4) is 0 Å². The van der Waals surface area contributed by atoms with Crippen LogP contribution in [0.1, 0.15) is 47.8 Å². The van der Waals surface area contributed by atoms with E-state index in [1.165, 1.54) is 0 Å². The molecule has 3 aromatic rings. The highest BCUT2D eigenvalue weighted by atomic mass is 16.6. The van der Waals surface area contributed by atoms with Gasteiger partial charge in [-0.3, -0.25) is 0 Å². The standard InChI is InChI=1S/C29H29NO7/c1-18-4-10-21(11-5-18)27(32)35-17-24(31)26(37-29(34)23-14-8-20(3)9-15-23)25(16-30)36-28(33)22-12-6-19(2)7-13-22/h4-16,24-26,30-31H,17H2,1-3H3/t24-,25-,26-/m1/s1. The van der Waals surface area contributed by atoms with E-state index >= 15 is 0 Å². The Morgan fingerprint density at radius 1 is 0.703 bits per heavy atom. The molecule has 0 bridgehead atoms. The number of carbonyl (C=O) groups excluding carboxylic acids is 3. The Bertz CT molecular complexity index is 1230. The number of esters is 3. The summed E-state index contributed by atoms with van der Waals surface area (Å²) in [5.41, 5.74) is 3.54. The van der Waals surface area contributed by atoms with Crippen molar-refractivity contribution in [2.24, 2.45) is 0 Å². The summed E-state index contributed by atoms with van der Waals surface area (Å²) < 4.78 is 16.1. The van der Waals surface area contributed by atoms with E-state index in [0.29, 0.717) is 0 Å². The Kier molecular flexibility index (Phi) is 9.29. The predicted molar refractivity (Wildman–Crippen MR) is 137 cm³/mol. The predicted octanol–water partition coefficient (Wildman–Crippen LogP) is 4.23. The van der Waals surface area contributed by atoms with E-state index in [-0.39, 0.29) is 16.7 Å². The number of nitrogens with one attached hydrogen (secondary N) is 1. The highest BCUT2D eigenvalue weighted by Crippen LogP contribution is 2.16. The summed E-state index contributed by atoms with van der Waals surface area (Å²) in [5, 5.41) is 18.7. The maximum atomic E-state index is 12.8. The molecule has 0 aliphatic heterocycles. The topological polar surface area (TPSA) is 123 Å². The minimum absolute atomic E-state index is 0.202. The molecule has 192 valence electrons. The monoisotopic (exact) mass is 503 g/mol. The summed E-state index contributed by atoms with van der Waals surface area (Å²) in [6, 6.07) is 19.8. The van der Waals surface area contributed by atoms with Crippen LogP contribution in [-0.2, 0) is 14.2 Å². The summed E-state index contributed by atoms with van der Waals surface area (Å²) in [5.74, 6) is -2.26. The molecule has 0 spiro atoms. The van der Waals surface area contributed by atoms with Crippen molar-refractivity contribution < 1.29 is 33.7 Å². The third-order valence-corrected chi connectivity index (χ3v) is 5.60. The van der Waals surface area contributed by atoms with E-state index in [9.17, 15) is 19.5 Å². The van der Waals surface area contributed by atoms with Crippen molar-refractivity contribution in [3.63, 3.8) is 0 Å². The number of ether oxygens (including phenoxy) is 3. The number of carbonyl (C=O) groups is 3.